The van der Waals surface area contributed by atoms with E-state index in [0.717, 1.165) is 47.7 Å². The van der Waals surface area contributed by atoms with Crippen LogP contribution in [-0.4, -0.2) is 32.9 Å². The molecule has 5 nitrogen and oxygen atoms in total. The van der Waals surface area contributed by atoms with Crippen LogP contribution in [0.3, 0.4) is 0 Å². The van der Waals surface area contributed by atoms with Crippen LogP contribution in [0.2, 0.25) is 0 Å². The number of rotatable bonds is 3. The Labute approximate surface area is 153 Å². The highest BCUT2D eigenvalue weighted by Gasteiger charge is 2.21. The van der Waals surface area contributed by atoms with E-state index in [1.807, 2.05) is 43.3 Å². The minimum absolute atomic E-state index is 0.0979. The van der Waals surface area contributed by atoms with Crippen LogP contribution in [0.15, 0.2) is 42.5 Å². The Balaban J connectivity index is 1.58. The number of aryl methyl sites for hydroxylation is 1. The lowest BCUT2D eigenvalue weighted by Crippen LogP contribution is -2.38. The zero-order chi connectivity index (χ0) is 18.3. The van der Waals surface area contributed by atoms with Crippen LogP contribution in [0.5, 0.6) is 0 Å². The topological polar surface area (TPSA) is 50.2 Å². The molecule has 1 N–H and O–H groups in total. The van der Waals surface area contributed by atoms with Gasteiger partial charge in [0.25, 0.3) is 5.91 Å². The Morgan fingerprint density at radius 2 is 1.88 bits per heavy atom. The van der Waals surface area contributed by atoms with E-state index in [-0.39, 0.29) is 5.91 Å². The summed E-state index contributed by atoms with van der Waals surface area (Å²) in [4.78, 5) is 19.7. The summed E-state index contributed by atoms with van der Waals surface area (Å²) in [5.41, 5.74) is 4.65. The number of nitrogens with one attached hydrogen (secondary N) is 1. The molecule has 134 valence electrons. The second-order valence-electron chi connectivity index (χ2n) is 7.27. The van der Waals surface area contributed by atoms with Gasteiger partial charge in [0.05, 0.1) is 17.6 Å². The minimum atomic E-state index is -0.0979. The Morgan fingerprint density at radius 3 is 2.62 bits per heavy atom. The van der Waals surface area contributed by atoms with Crippen LogP contribution in [0.25, 0.3) is 11.0 Å². The van der Waals surface area contributed by atoms with Crippen LogP contribution < -0.4 is 5.32 Å². The number of anilines is 1. The van der Waals surface area contributed by atoms with Gasteiger partial charge in [-0.2, -0.15) is 0 Å². The number of carbonyl (C=O) groups excluding carboxylic acids is 1. The van der Waals surface area contributed by atoms with Gasteiger partial charge in [-0.25, -0.2) is 4.98 Å². The van der Waals surface area contributed by atoms with Gasteiger partial charge < -0.3 is 9.88 Å². The van der Waals surface area contributed by atoms with E-state index < -0.39 is 0 Å². The summed E-state index contributed by atoms with van der Waals surface area (Å²) in [5.74, 6) is 1.00. The first-order valence-corrected chi connectivity index (χ1v) is 9.12. The zero-order valence-corrected chi connectivity index (χ0v) is 15.5. The number of amides is 1. The molecule has 0 radical (unpaired) electrons. The second kappa shape index (κ2) is 6.57. The molecular formula is C21H24N4O. The fourth-order valence-electron chi connectivity index (χ4n) is 3.47. The number of carbonyl (C=O) groups is 1. The van der Waals surface area contributed by atoms with Crippen molar-refractivity contribution in [3.05, 3.63) is 59.4 Å². The molecule has 0 saturated heterocycles. The third-order valence-electron chi connectivity index (χ3n) is 5.08. The number of hydrogen-bond donors (Lipinski definition) is 1. The van der Waals surface area contributed by atoms with Crippen LogP contribution in [0, 0.1) is 6.92 Å². The summed E-state index contributed by atoms with van der Waals surface area (Å²) >= 11 is 0. The van der Waals surface area contributed by atoms with Crippen LogP contribution in [0.4, 0.5) is 5.69 Å². The quantitative estimate of drug-likeness (QED) is 0.783. The molecule has 1 aliphatic heterocycles. The first kappa shape index (κ1) is 16.8. The van der Waals surface area contributed by atoms with Gasteiger partial charge in [-0.15, -0.1) is 0 Å². The van der Waals surface area contributed by atoms with Crippen molar-refractivity contribution in [2.75, 3.05) is 11.9 Å². The van der Waals surface area contributed by atoms with Crippen molar-refractivity contribution < 1.29 is 4.79 Å². The summed E-state index contributed by atoms with van der Waals surface area (Å²) in [6.45, 7) is 9.32. The Morgan fingerprint density at radius 1 is 1.12 bits per heavy atom. The molecular weight excluding hydrogens is 324 g/mol. The van der Waals surface area contributed by atoms with Crippen LogP contribution >= 0.6 is 0 Å². The molecule has 0 spiro atoms. The fraction of sp³-hybridized carbons (Fsp3) is 0.333. The van der Waals surface area contributed by atoms with Gasteiger partial charge in [0, 0.05) is 30.4 Å². The monoisotopic (exact) mass is 348 g/mol. The van der Waals surface area contributed by atoms with Crippen molar-refractivity contribution in [2.45, 2.75) is 39.9 Å². The highest BCUT2D eigenvalue weighted by Crippen LogP contribution is 2.24. The molecule has 2 heterocycles. The third kappa shape index (κ3) is 3.10. The van der Waals surface area contributed by atoms with Gasteiger partial charge >= 0.3 is 0 Å². The van der Waals surface area contributed by atoms with Gasteiger partial charge in [-0.1, -0.05) is 17.7 Å². The van der Waals surface area contributed by atoms with Gasteiger partial charge in [-0.3, -0.25) is 9.69 Å². The van der Waals surface area contributed by atoms with E-state index >= 15 is 0 Å². The Hall–Kier alpha value is -2.66. The van der Waals surface area contributed by atoms with Crippen LogP contribution in [-0.2, 0) is 13.1 Å². The van der Waals surface area contributed by atoms with Gasteiger partial charge in [-0.05, 0) is 51.1 Å². The molecule has 4 rings (SSSR count). The fourth-order valence-corrected chi connectivity index (χ4v) is 3.47. The molecule has 0 fully saturated rings. The van der Waals surface area contributed by atoms with E-state index in [1.165, 1.54) is 0 Å². The molecule has 0 aliphatic carbocycles. The third-order valence-corrected chi connectivity index (χ3v) is 5.08. The lowest BCUT2D eigenvalue weighted by molar-refractivity contribution is 0.102. The Bertz CT molecular complexity index is 956. The highest BCUT2D eigenvalue weighted by atomic mass is 16.1. The van der Waals surface area contributed by atoms with E-state index in [0.29, 0.717) is 11.6 Å². The molecule has 3 aromatic rings. The molecule has 0 unspecified atom stereocenters. The van der Waals surface area contributed by atoms with E-state index in [4.69, 9.17) is 4.98 Å². The van der Waals surface area contributed by atoms with Crippen molar-refractivity contribution in [1.29, 1.82) is 0 Å². The summed E-state index contributed by atoms with van der Waals surface area (Å²) in [6.07, 6.45) is 0. The molecule has 26 heavy (non-hydrogen) atoms. The molecule has 0 atom stereocenters. The molecule has 5 heteroatoms. The Kier molecular flexibility index (Phi) is 4.24. The largest absolute Gasteiger partial charge is 0.326 e. The van der Waals surface area contributed by atoms with Gasteiger partial charge in [0.1, 0.15) is 5.82 Å². The van der Waals surface area contributed by atoms with Gasteiger partial charge in [0.15, 0.2) is 0 Å². The average molecular weight is 348 g/mol. The van der Waals surface area contributed by atoms with Crippen molar-refractivity contribution in [2.24, 2.45) is 0 Å². The summed E-state index contributed by atoms with van der Waals surface area (Å²) in [7, 11) is 0. The van der Waals surface area contributed by atoms with Crippen molar-refractivity contribution in [1.82, 2.24) is 14.5 Å². The molecule has 1 aliphatic rings. The van der Waals surface area contributed by atoms with E-state index in [9.17, 15) is 4.79 Å². The SMILES string of the molecule is Cc1ccc(C(=O)Nc2ccc3c(c2)nc2n3CCN(C(C)C)C2)cc1. The number of imidazole rings is 1. The number of benzene rings is 2. The lowest BCUT2D eigenvalue weighted by atomic mass is 10.1. The number of aromatic nitrogens is 2. The van der Waals surface area contributed by atoms with Crippen molar-refractivity contribution >= 4 is 22.6 Å². The van der Waals surface area contributed by atoms with Gasteiger partial charge in [0.2, 0.25) is 0 Å². The predicted molar refractivity (Wildman–Crippen MR) is 104 cm³/mol. The van der Waals surface area contributed by atoms with Crippen molar-refractivity contribution in [3.63, 3.8) is 0 Å². The second-order valence-corrected chi connectivity index (χ2v) is 7.27. The number of fused-ring (bicyclic) bond motifs is 3. The van der Waals surface area contributed by atoms with Crippen molar-refractivity contribution in [3.8, 4) is 0 Å². The minimum Gasteiger partial charge on any atom is -0.326 e. The number of hydrogen-bond acceptors (Lipinski definition) is 3. The number of nitrogens with zero attached hydrogens (tertiary/aromatic N) is 3. The summed E-state index contributed by atoms with van der Waals surface area (Å²) < 4.78 is 2.29. The molecule has 0 saturated carbocycles. The average Bonchev–Trinajstić information content (AvgIpc) is 2.98. The predicted octanol–water partition coefficient (Wildman–Crippen LogP) is 3.82. The first-order chi connectivity index (χ1) is 12.5. The van der Waals surface area contributed by atoms with Crippen LogP contribution in [0.1, 0.15) is 35.6 Å². The van der Waals surface area contributed by atoms with E-state index in [1.54, 1.807) is 0 Å². The summed E-state index contributed by atoms with van der Waals surface area (Å²) in [6, 6.07) is 14.1. The molecule has 1 amide bonds. The first-order valence-electron chi connectivity index (χ1n) is 9.12. The molecule has 1 aromatic heterocycles. The smallest absolute Gasteiger partial charge is 0.255 e. The molecule has 0 bridgehead atoms. The lowest BCUT2D eigenvalue weighted by Gasteiger charge is -2.30. The maximum Gasteiger partial charge on any atom is 0.255 e. The maximum atomic E-state index is 12.4. The van der Waals surface area contributed by atoms with E-state index in [2.05, 4.69) is 34.7 Å². The maximum absolute atomic E-state index is 12.4. The molecule has 2 aromatic carbocycles. The summed E-state index contributed by atoms with van der Waals surface area (Å²) in [5, 5.41) is 2.98. The standard InChI is InChI=1S/C21H24N4O/c1-14(2)24-10-11-25-19-9-8-17(12-18(19)23-20(25)13-24)22-21(26)16-6-4-15(3)5-7-16/h4-9,12,14H,10-11,13H2,1-3H3,(H,22,26). The zero-order valence-electron chi connectivity index (χ0n) is 15.5. The highest BCUT2D eigenvalue weighted by molar-refractivity contribution is 6.05. The normalized spacial score (nSPS) is 14.6.